The van der Waals surface area contributed by atoms with Gasteiger partial charge in [-0.05, 0) is 42.8 Å². The SMILES string of the molecule is N=C(SC(=N)C(F)(F)F)N1CCN(CCC(=O)N2CCC(Nc3ccc(N(O)O)c(C(F)(F)F)c3)CC2)CC1. The van der Waals surface area contributed by atoms with Crippen molar-refractivity contribution in [1.29, 1.82) is 10.8 Å². The molecule has 0 atom stereocenters. The van der Waals surface area contributed by atoms with Gasteiger partial charge < -0.3 is 15.1 Å². The van der Waals surface area contributed by atoms with Crippen LogP contribution in [0.3, 0.4) is 0 Å². The Labute approximate surface area is 224 Å². The number of hydrogen-bond acceptors (Lipinski definition) is 9. The van der Waals surface area contributed by atoms with Gasteiger partial charge >= 0.3 is 12.4 Å². The van der Waals surface area contributed by atoms with Crippen LogP contribution in [0.1, 0.15) is 24.8 Å². The number of carbonyl (C=O) groups is 1. The van der Waals surface area contributed by atoms with E-state index < -0.39 is 33.9 Å². The summed E-state index contributed by atoms with van der Waals surface area (Å²) in [6, 6.07) is 2.87. The van der Waals surface area contributed by atoms with Gasteiger partial charge in [-0.15, -0.1) is 5.23 Å². The molecule has 2 aliphatic heterocycles. The molecule has 2 heterocycles. The van der Waals surface area contributed by atoms with Gasteiger partial charge in [-0.1, -0.05) is 0 Å². The molecule has 5 N–H and O–H groups in total. The van der Waals surface area contributed by atoms with Crippen molar-refractivity contribution in [2.24, 2.45) is 0 Å². The molecule has 2 saturated heterocycles. The van der Waals surface area contributed by atoms with Crippen LogP contribution < -0.4 is 10.5 Å². The maximum Gasteiger partial charge on any atom is 0.439 e. The topological polar surface area (TPSA) is 130 Å². The second kappa shape index (κ2) is 12.6. The number of halogens is 6. The maximum absolute atomic E-state index is 13.3. The Morgan fingerprint density at radius 1 is 1.00 bits per heavy atom. The van der Waals surface area contributed by atoms with E-state index in [1.807, 2.05) is 4.90 Å². The number of alkyl halides is 6. The summed E-state index contributed by atoms with van der Waals surface area (Å²) in [5.41, 5.74) is -1.84. The van der Waals surface area contributed by atoms with E-state index in [-0.39, 0.29) is 41.0 Å². The van der Waals surface area contributed by atoms with Crippen molar-refractivity contribution < 1.29 is 41.6 Å². The molecule has 3 rings (SSSR count). The van der Waals surface area contributed by atoms with E-state index >= 15 is 0 Å². The van der Waals surface area contributed by atoms with Crippen LogP contribution in [-0.2, 0) is 11.0 Å². The normalized spacial score (nSPS) is 17.7. The molecule has 0 unspecified atom stereocenters. The second-order valence-electron chi connectivity index (χ2n) is 9.13. The first-order chi connectivity index (χ1) is 18.1. The van der Waals surface area contributed by atoms with Gasteiger partial charge in [-0.25, -0.2) is 0 Å². The summed E-state index contributed by atoms with van der Waals surface area (Å²) >= 11 is 0.0664. The van der Waals surface area contributed by atoms with Crippen molar-refractivity contribution in [1.82, 2.24) is 14.7 Å². The largest absolute Gasteiger partial charge is 0.439 e. The molecule has 39 heavy (non-hydrogen) atoms. The van der Waals surface area contributed by atoms with Gasteiger partial charge in [-0.2, -0.15) is 26.3 Å². The van der Waals surface area contributed by atoms with E-state index in [1.165, 1.54) is 11.0 Å². The number of amides is 1. The molecular weight excluding hydrogens is 556 g/mol. The lowest BCUT2D eigenvalue weighted by atomic mass is 10.0. The van der Waals surface area contributed by atoms with Crippen LogP contribution in [0.4, 0.5) is 37.7 Å². The molecule has 10 nitrogen and oxygen atoms in total. The Balaban J connectivity index is 1.40. The fraction of sp³-hybridized carbons (Fsp3) is 0.591. The third-order valence-corrected chi connectivity index (χ3v) is 7.38. The summed E-state index contributed by atoms with van der Waals surface area (Å²) in [4.78, 5) is 17.8. The molecule has 218 valence electrons. The summed E-state index contributed by atoms with van der Waals surface area (Å²) in [7, 11) is 0. The number of amidine groups is 1. The predicted octanol–water partition coefficient (Wildman–Crippen LogP) is 3.91. The van der Waals surface area contributed by atoms with Crippen molar-refractivity contribution in [3.8, 4) is 0 Å². The van der Waals surface area contributed by atoms with E-state index in [9.17, 15) is 31.1 Å². The summed E-state index contributed by atoms with van der Waals surface area (Å²) in [5, 5.41) is 33.5. The zero-order valence-electron chi connectivity index (χ0n) is 20.6. The highest BCUT2D eigenvalue weighted by Gasteiger charge is 2.37. The Bertz CT molecular complexity index is 1040. The van der Waals surface area contributed by atoms with E-state index in [2.05, 4.69) is 5.32 Å². The molecule has 1 amide bonds. The lowest BCUT2D eigenvalue weighted by Gasteiger charge is -2.36. The number of benzene rings is 1. The molecule has 0 spiro atoms. The molecule has 17 heteroatoms. The van der Waals surface area contributed by atoms with Crippen LogP contribution in [0.5, 0.6) is 0 Å². The van der Waals surface area contributed by atoms with Crippen molar-refractivity contribution in [3.05, 3.63) is 23.8 Å². The Kier molecular flexibility index (Phi) is 9.95. The quantitative estimate of drug-likeness (QED) is 0.147. The highest BCUT2D eigenvalue weighted by Crippen LogP contribution is 2.38. The number of thioether (sulfide) groups is 1. The molecule has 1 aromatic carbocycles. The Morgan fingerprint density at radius 3 is 2.15 bits per heavy atom. The first kappa shape index (κ1) is 30.8. The number of likely N-dealkylation sites (tertiary alicyclic amines) is 1. The third kappa shape index (κ3) is 8.61. The molecule has 0 saturated carbocycles. The minimum absolute atomic E-state index is 0.0664. The summed E-state index contributed by atoms with van der Waals surface area (Å²) in [6.45, 7) is 2.82. The molecule has 0 bridgehead atoms. The van der Waals surface area contributed by atoms with Crippen LogP contribution in [0.15, 0.2) is 18.2 Å². The summed E-state index contributed by atoms with van der Waals surface area (Å²) < 4.78 is 77.4. The van der Waals surface area contributed by atoms with Crippen LogP contribution in [-0.4, -0.2) is 99.3 Å². The molecule has 0 radical (unpaired) electrons. The van der Waals surface area contributed by atoms with Crippen molar-refractivity contribution in [2.45, 2.75) is 37.7 Å². The number of nitrogens with one attached hydrogen (secondary N) is 3. The average molecular weight is 586 g/mol. The lowest BCUT2D eigenvalue weighted by molar-refractivity contribution is -0.138. The molecule has 0 aromatic heterocycles. The Hall–Kier alpha value is -2.76. The molecule has 2 fully saturated rings. The van der Waals surface area contributed by atoms with Gasteiger partial charge in [0.05, 0.1) is 5.56 Å². The molecular formula is C22H29F6N7O3S. The van der Waals surface area contributed by atoms with Gasteiger partial charge in [-0.3, -0.25) is 30.9 Å². The number of hydrogen-bond donors (Lipinski definition) is 5. The fourth-order valence-electron chi connectivity index (χ4n) is 4.34. The average Bonchev–Trinajstić information content (AvgIpc) is 2.86. The van der Waals surface area contributed by atoms with Crippen LogP contribution in [0.25, 0.3) is 0 Å². The number of anilines is 2. The van der Waals surface area contributed by atoms with E-state index in [0.29, 0.717) is 58.7 Å². The number of piperidine rings is 1. The maximum atomic E-state index is 13.3. The summed E-state index contributed by atoms with van der Waals surface area (Å²) in [6.07, 6.45) is -8.33. The lowest BCUT2D eigenvalue weighted by Crippen LogP contribution is -2.49. The minimum atomic E-state index is -4.79. The Morgan fingerprint density at radius 2 is 1.62 bits per heavy atom. The standard InChI is InChI=1S/C22H29F6N7O3S/c23-21(24,25)16-13-15(1-2-17(16)35(37)38)31-14-3-7-33(8-4-14)18(36)5-6-32-9-11-34(12-10-32)20(30)39-19(29)22(26,27)28/h1-2,13-14,29-31,37-38H,3-12H2. The number of rotatable bonds is 6. The van der Waals surface area contributed by atoms with E-state index in [1.54, 1.807) is 4.90 Å². The number of piperazine rings is 1. The van der Waals surface area contributed by atoms with Gasteiger partial charge in [0.2, 0.25) is 5.91 Å². The highest BCUT2D eigenvalue weighted by molar-refractivity contribution is 8.26. The van der Waals surface area contributed by atoms with Crippen molar-refractivity contribution in [3.63, 3.8) is 0 Å². The van der Waals surface area contributed by atoms with Crippen molar-refractivity contribution in [2.75, 3.05) is 56.4 Å². The van der Waals surface area contributed by atoms with Gasteiger partial charge in [0.15, 0.2) is 10.2 Å². The number of carbonyl (C=O) groups excluding carboxylic acids is 1. The monoisotopic (exact) mass is 585 g/mol. The minimum Gasteiger partial charge on any atom is -0.382 e. The zero-order valence-corrected chi connectivity index (χ0v) is 21.5. The van der Waals surface area contributed by atoms with Crippen LogP contribution in [0.2, 0.25) is 0 Å². The second-order valence-corrected chi connectivity index (χ2v) is 10.1. The van der Waals surface area contributed by atoms with Gasteiger partial charge in [0.25, 0.3) is 0 Å². The molecule has 2 aliphatic rings. The highest BCUT2D eigenvalue weighted by atomic mass is 32.2. The zero-order chi connectivity index (χ0) is 29.0. The fourth-order valence-corrected chi connectivity index (χ4v) is 4.96. The predicted molar refractivity (Wildman–Crippen MR) is 132 cm³/mol. The van der Waals surface area contributed by atoms with Crippen LogP contribution in [0, 0.1) is 10.8 Å². The molecule has 0 aliphatic carbocycles. The first-order valence-electron chi connectivity index (χ1n) is 12.0. The molecule has 1 aromatic rings. The van der Waals surface area contributed by atoms with Gasteiger partial charge in [0, 0.05) is 64.0 Å². The van der Waals surface area contributed by atoms with Crippen LogP contribution >= 0.6 is 11.8 Å². The van der Waals surface area contributed by atoms with Crippen molar-refractivity contribution >= 4 is 39.3 Å². The number of nitrogens with zero attached hydrogens (tertiary/aromatic N) is 4. The smallest absolute Gasteiger partial charge is 0.382 e. The first-order valence-corrected chi connectivity index (χ1v) is 12.8. The third-order valence-electron chi connectivity index (χ3n) is 6.49. The van der Waals surface area contributed by atoms with E-state index in [4.69, 9.17) is 21.2 Å². The summed E-state index contributed by atoms with van der Waals surface area (Å²) in [5.74, 6) is -0.0764. The van der Waals surface area contributed by atoms with Gasteiger partial charge in [0.1, 0.15) is 5.69 Å². The van der Waals surface area contributed by atoms with E-state index in [0.717, 1.165) is 12.1 Å².